The second-order valence-electron chi connectivity index (χ2n) is 4.52. The predicted octanol–water partition coefficient (Wildman–Crippen LogP) is 1.68. The van der Waals surface area contributed by atoms with Crippen LogP contribution in [0.5, 0.6) is 5.88 Å². The molecule has 1 aromatic rings. The summed E-state index contributed by atoms with van der Waals surface area (Å²) in [5.74, 6) is 2.12. The van der Waals surface area contributed by atoms with Gasteiger partial charge in [0.25, 0.3) is 0 Å². The molecule has 0 spiro atoms. The first-order chi connectivity index (χ1) is 8.74. The molecule has 0 unspecified atom stereocenters. The van der Waals surface area contributed by atoms with Crippen molar-refractivity contribution in [3.8, 4) is 5.88 Å². The number of hydrogen-bond acceptors (Lipinski definition) is 5. The summed E-state index contributed by atoms with van der Waals surface area (Å²) >= 11 is 3.37. The van der Waals surface area contributed by atoms with Crippen molar-refractivity contribution in [2.75, 3.05) is 38.7 Å². The topological polar surface area (TPSA) is 50.3 Å². The molecule has 2 rings (SSSR count). The molecular formula is C12H19BrN4O. The minimum absolute atomic E-state index is 0.595. The lowest BCUT2D eigenvalue weighted by atomic mass is 9.97. The molecule has 0 bridgehead atoms. The number of nitrogens with zero attached hydrogens (tertiary/aromatic N) is 3. The monoisotopic (exact) mass is 314 g/mol. The van der Waals surface area contributed by atoms with Crippen LogP contribution in [0.25, 0.3) is 0 Å². The van der Waals surface area contributed by atoms with Gasteiger partial charge in [0, 0.05) is 13.1 Å². The second kappa shape index (κ2) is 6.33. The molecule has 0 atom stereocenters. The largest absolute Gasteiger partial charge is 0.480 e. The normalized spacial score (nSPS) is 16.9. The van der Waals surface area contributed by atoms with Crippen LogP contribution < -0.4 is 15.0 Å². The van der Waals surface area contributed by atoms with Crippen LogP contribution in [0.1, 0.15) is 12.8 Å². The van der Waals surface area contributed by atoms with E-state index in [4.69, 9.17) is 4.74 Å². The molecule has 1 fully saturated rings. The van der Waals surface area contributed by atoms with Crippen molar-refractivity contribution in [2.45, 2.75) is 12.8 Å². The zero-order chi connectivity index (χ0) is 13.0. The van der Waals surface area contributed by atoms with Crippen LogP contribution in [-0.2, 0) is 0 Å². The Labute approximate surface area is 116 Å². The summed E-state index contributed by atoms with van der Waals surface area (Å²) < 4.78 is 5.99. The highest BCUT2D eigenvalue weighted by Gasteiger charge is 2.21. The Bertz CT molecular complexity index is 394. The lowest BCUT2D eigenvalue weighted by Crippen LogP contribution is -2.37. The van der Waals surface area contributed by atoms with Gasteiger partial charge >= 0.3 is 0 Å². The third-order valence-electron chi connectivity index (χ3n) is 3.28. The van der Waals surface area contributed by atoms with Crippen molar-refractivity contribution in [2.24, 2.45) is 5.92 Å². The van der Waals surface area contributed by atoms with E-state index in [1.165, 1.54) is 12.8 Å². The number of nitrogens with one attached hydrogen (secondary N) is 1. The van der Waals surface area contributed by atoms with Crippen molar-refractivity contribution in [1.29, 1.82) is 0 Å². The molecule has 0 radical (unpaired) electrons. The molecule has 2 heterocycles. The number of aromatic nitrogens is 2. The Morgan fingerprint density at radius 3 is 2.83 bits per heavy atom. The number of methoxy groups -OCH3 is 1. The third-order valence-corrected chi connectivity index (χ3v) is 3.83. The van der Waals surface area contributed by atoms with Gasteiger partial charge in [0.05, 0.1) is 17.8 Å². The van der Waals surface area contributed by atoms with Crippen LogP contribution in [0.2, 0.25) is 0 Å². The molecule has 1 N–H and O–H groups in total. The SMILES string of the molecule is CNCC1CCN(c2ncc(Br)c(OC)n2)CC1. The van der Waals surface area contributed by atoms with Gasteiger partial charge in [0.2, 0.25) is 11.8 Å². The molecule has 1 saturated heterocycles. The fourth-order valence-electron chi connectivity index (χ4n) is 2.26. The number of piperidine rings is 1. The maximum atomic E-state index is 5.20. The van der Waals surface area contributed by atoms with Gasteiger partial charge in [-0.25, -0.2) is 4.98 Å². The molecular weight excluding hydrogens is 296 g/mol. The Balaban J connectivity index is 2.01. The average Bonchev–Trinajstić information content (AvgIpc) is 2.41. The highest BCUT2D eigenvalue weighted by molar-refractivity contribution is 9.10. The standard InChI is InChI=1S/C12H19BrN4O/c1-14-7-9-3-5-17(6-4-9)12-15-8-10(13)11(16-12)18-2/h8-9,14H,3-7H2,1-2H3. The highest BCUT2D eigenvalue weighted by Crippen LogP contribution is 2.25. The first-order valence-electron chi connectivity index (χ1n) is 6.20. The average molecular weight is 315 g/mol. The highest BCUT2D eigenvalue weighted by atomic mass is 79.9. The van der Waals surface area contributed by atoms with E-state index >= 15 is 0 Å². The van der Waals surface area contributed by atoms with Gasteiger partial charge in [-0.15, -0.1) is 0 Å². The lowest BCUT2D eigenvalue weighted by Gasteiger charge is -2.31. The molecule has 1 aliphatic heterocycles. The van der Waals surface area contributed by atoms with Gasteiger partial charge < -0.3 is 15.0 Å². The molecule has 18 heavy (non-hydrogen) atoms. The van der Waals surface area contributed by atoms with Gasteiger partial charge in [-0.3, -0.25) is 0 Å². The van der Waals surface area contributed by atoms with Crippen molar-refractivity contribution >= 4 is 21.9 Å². The molecule has 0 amide bonds. The predicted molar refractivity (Wildman–Crippen MR) is 75.1 cm³/mol. The second-order valence-corrected chi connectivity index (χ2v) is 5.37. The summed E-state index contributed by atoms with van der Waals surface area (Å²) in [6, 6.07) is 0. The van der Waals surface area contributed by atoms with Crippen LogP contribution in [-0.4, -0.2) is 43.8 Å². The summed E-state index contributed by atoms with van der Waals surface area (Å²) in [4.78, 5) is 11.0. The summed E-state index contributed by atoms with van der Waals surface area (Å²) in [7, 11) is 3.63. The first-order valence-corrected chi connectivity index (χ1v) is 7.00. The summed E-state index contributed by atoms with van der Waals surface area (Å²) in [6.45, 7) is 3.12. The quantitative estimate of drug-likeness (QED) is 0.916. The van der Waals surface area contributed by atoms with Crippen LogP contribution in [0.4, 0.5) is 5.95 Å². The van der Waals surface area contributed by atoms with E-state index in [9.17, 15) is 0 Å². The van der Waals surface area contributed by atoms with Gasteiger partial charge in [-0.1, -0.05) is 0 Å². The van der Waals surface area contributed by atoms with Crippen molar-refractivity contribution < 1.29 is 4.74 Å². The summed E-state index contributed by atoms with van der Waals surface area (Å²) in [5.41, 5.74) is 0. The van der Waals surface area contributed by atoms with Crippen molar-refractivity contribution in [1.82, 2.24) is 15.3 Å². The van der Waals surface area contributed by atoms with Crippen LogP contribution in [0, 0.1) is 5.92 Å². The number of hydrogen-bond donors (Lipinski definition) is 1. The molecule has 5 nitrogen and oxygen atoms in total. The van der Waals surface area contributed by atoms with Crippen LogP contribution >= 0.6 is 15.9 Å². The van der Waals surface area contributed by atoms with E-state index in [2.05, 4.69) is 36.1 Å². The molecule has 1 aliphatic rings. The molecule has 0 saturated carbocycles. The zero-order valence-corrected chi connectivity index (χ0v) is 12.4. The van der Waals surface area contributed by atoms with E-state index in [0.29, 0.717) is 5.88 Å². The van der Waals surface area contributed by atoms with Crippen LogP contribution in [0.15, 0.2) is 10.7 Å². The Kier molecular flexibility index (Phi) is 4.77. The van der Waals surface area contributed by atoms with Crippen LogP contribution in [0.3, 0.4) is 0 Å². The zero-order valence-electron chi connectivity index (χ0n) is 10.8. The Morgan fingerprint density at radius 2 is 2.22 bits per heavy atom. The molecule has 6 heteroatoms. The lowest BCUT2D eigenvalue weighted by molar-refractivity contribution is 0.381. The van der Waals surface area contributed by atoms with E-state index in [1.54, 1.807) is 13.3 Å². The minimum Gasteiger partial charge on any atom is -0.480 e. The van der Waals surface area contributed by atoms with E-state index in [0.717, 1.165) is 36.0 Å². The summed E-state index contributed by atoms with van der Waals surface area (Å²) in [6.07, 6.45) is 4.12. The molecule has 1 aromatic heterocycles. The van der Waals surface area contributed by atoms with E-state index < -0.39 is 0 Å². The minimum atomic E-state index is 0.595. The fourth-order valence-corrected chi connectivity index (χ4v) is 2.62. The number of rotatable bonds is 4. The van der Waals surface area contributed by atoms with Crippen molar-refractivity contribution in [3.63, 3.8) is 0 Å². The third kappa shape index (κ3) is 3.11. The number of ether oxygens (including phenoxy) is 1. The Hall–Kier alpha value is -0.880. The molecule has 0 aromatic carbocycles. The molecule has 100 valence electrons. The first kappa shape index (κ1) is 13.5. The maximum Gasteiger partial charge on any atom is 0.232 e. The van der Waals surface area contributed by atoms with Gasteiger partial charge in [-0.05, 0) is 48.3 Å². The maximum absolute atomic E-state index is 5.20. The number of anilines is 1. The van der Waals surface area contributed by atoms with E-state index in [1.807, 2.05) is 7.05 Å². The molecule has 0 aliphatic carbocycles. The van der Waals surface area contributed by atoms with Gasteiger partial charge in [0.1, 0.15) is 0 Å². The van der Waals surface area contributed by atoms with E-state index in [-0.39, 0.29) is 0 Å². The smallest absolute Gasteiger partial charge is 0.232 e. The van der Waals surface area contributed by atoms with Gasteiger partial charge in [-0.2, -0.15) is 4.98 Å². The van der Waals surface area contributed by atoms with Gasteiger partial charge in [0.15, 0.2) is 0 Å². The fraction of sp³-hybridized carbons (Fsp3) is 0.667. The summed E-state index contributed by atoms with van der Waals surface area (Å²) in [5, 5.41) is 3.24. The Morgan fingerprint density at radius 1 is 1.50 bits per heavy atom. The van der Waals surface area contributed by atoms with Crippen molar-refractivity contribution in [3.05, 3.63) is 10.7 Å². The number of halogens is 1.